The molecule has 0 radical (unpaired) electrons. The second-order valence-corrected chi connectivity index (χ2v) is 9.90. The van der Waals surface area contributed by atoms with Crippen molar-refractivity contribution in [3.63, 3.8) is 0 Å². The highest BCUT2D eigenvalue weighted by Gasteiger charge is 2.32. The number of hydrogen-bond donors (Lipinski definition) is 1. The van der Waals surface area contributed by atoms with Crippen LogP contribution in [0, 0.1) is 11.8 Å². The lowest BCUT2D eigenvalue weighted by Crippen LogP contribution is -2.48. The van der Waals surface area contributed by atoms with Crippen molar-refractivity contribution in [2.75, 3.05) is 39.2 Å². The Morgan fingerprint density at radius 3 is 2.44 bits per heavy atom. The Kier molecular flexibility index (Phi) is 7.94. The first kappa shape index (κ1) is 25.7. The second-order valence-electron chi connectivity index (χ2n) is 9.90. The van der Waals surface area contributed by atoms with Crippen LogP contribution >= 0.6 is 0 Å². The van der Waals surface area contributed by atoms with E-state index in [1.807, 2.05) is 36.9 Å². The molecule has 4 rings (SSSR count). The summed E-state index contributed by atoms with van der Waals surface area (Å²) >= 11 is 0. The highest BCUT2D eigenvalue weighted by Crippen LogP contribution is 2.32. The number of ether oxygens (including phenoxy) is 2. The zero-order chi connectivity index (χ0) is 25.8. The molecule has 0 saturated heterocycles. The summed E-state index contributed by atoms with van der Waals surface area (Å²) in [5.74, 6) is 0.119. The van der Waals surface area contributed by atoms with E-state index in [1.54, 1.807) is 49.4 Å². The maximum atomic E-state index is 13.5. The minimum Gasteiger partial charge on any atom is -0.491 e. The van der Waals surface area contributed by atoms with Gasteiger partial charge in [-0.3, -0.25) is 14.4 Å². The summed E-state index contributed by atoms with van der Waals surface area (Å²) < 4.78 is 11.9. The molecule has 192 valence electrons. The van der Waals surface area contributed by atoms with Crippen LogP contribution in [0.2, 0.25) is 0 Å². The number of rotatable bonds is 4. The predicted octanol–water partition coefficient (Wildman–Crippen LogP) is 3.68. The molecule has 0 unspecified atom stereocenters. The quantitative estimate of drug-likeness (QED) is 0.702. The molecule has 3 amide bonds. The zero-order valence-electron chi connectivity index (χ0n) is 21.4. The average Bonchev–Trinajstić information content (AvgIpc) is 3.74. The molecule has 1 N–H and O–H groups in total. The van der Waals surface area contributed by atoms with Crippen molar-refractivity contribution in [3.05, 3.63) is 59.7 Å². The molecule has 8 nitrogen and oxygen atoms in total. The van der Waals surface area contributed by atoms with Crippen molar-refractivity contribution < 1.29 is 23.9 Å². The topological polar surface area (TPSA) is 88.2 Å². The molecule has 2 aliphatic rings. The lowest BCUT2D eigenvalue weighted by molar-refractivity contribution is -0.117. The zero-order valence-corrected chi connectivity index (χ0v) is 21.4. The molecule has 1 fully saturated rings. The summed E-state index contributed by atoms with van der Waals surface area (Å²) in [6.07, 6.45) is 1.54. The molecule has 0 spiro atoms. The predicted molar refractivity (Wildman–Crippen MR) is 137 cm³/mol. The van der Waals surface area contributed by atoms with Gasteiger partial charge in [0.2, 0.25) is 5.91 Å². The van der Waals surface area contributed by atoms with E-state index in [1.165, 1.54) is 0 Å². The third-order valence-electron chi connectivity index (χ3n) is 6.94. The van der Waals surface area contributed by atoms with Gasteiger partial charge in [-0.2, -0.15) is 0 Å². The first-order valence-electron chi connectivity index (χ1n) is 12.5. The first-order valence-corrected chi connectivity index (χ1v) is 12.5. The summed E-state index contributed by atoms with van der Waals surface area (Å²) in [5, 5.41) is 2.92. The Bertz CT molecular complexity index is 1100. The van der Waals surface area contributed by atoms with Gasteiger partial charge in [0.15, 0.2) is 0 Å². The monoisotopic (exact) mass is 493 g/mol. The van der Waals surface area contributed by atoms with Crippen molar-refractivity contribution in [3.8, 4) is 5.75 Å². The molecule has 1 aliphatic carbocycles. The summed E-state index contributed by atoms with van der Waals surface area (Å²) in [6.45, 7) is 4.96. The van der Waals surface area contributed by atoms with Gasteiger partial charge in [-0.15, -0.1) is 0 Å². The Hall–Kier alpha value is -3.39. The van der Waals surface area contributed by atoms with Crippen LogP contribution in [0.5, 0.6) is 5.75 Å². The third kappa shape index (κ3) is 5.87. The van der Waals surface area contributed by atoms with Crippen molar-refractivity contribution in [2.45, 2.75) is 38.8 Å². The third-order valence-corrected chi connectivity index (χ3v) is 6.94. The Morgan fingerprint density at radius 2 is 1.78 bits per heavy atom. The molecule has 1 saturated carbocycles. The average molecular weight is 494 g/mol. The van der Waals surface area contributed by atoms with Gasteiger partial charge in [-0.1, -0.05) is 25.1 Å². The van der Waals surface area contributed by atoms with E-state index in [0.29, 0.717) is 35.7 Å². The Morgan fingerprint density at radius 1 is 1.06 bits per heavy atom. The Labute approximate surface area is 212 Å². The van der Waals surface area contributed by atoms with E-state index >= 15 is 0 Å². The molecular formula is C28H35N3O5. The number of methoxy groups -OCH3 is 1. The minimum absolute atomic E-state index is 0.0172. The van der Waals surface area contributed by atoms with Crippen LogP contribution in [-0.4, -0.2) is 73.5 Å². The number of likely N-dealkylation sites (N-methyl/N-ethyl adjacent to an activating group) is 1. The van der Waals surface area contributed by atoms with E-state index < -0.39 is 0 Å². The Balaban J connectivity index is 1.66. The summed E-state index contributed by atoms with van der Waals surface area (Å²) in [6, 6.07) is 14.0. The van der Waals surface area contributed by atoms with Crippen LogP contribution in [0.4, 0.5) is 5.69 Å². The van der Waals surface area contributed by atoms with Gasteiger partial charge in [-0.25, -0.2) is 0 Å². The van der Waals surface area contributed by atoms with E-state index in [9.17, 15) is 14.4 Å². The van der Waals surface area contributed by atoms with Gasteiger partial charge in [0, 0.05) is 56.4 Å². The number of fused-ring (bicyclic) bond motifs is 1. The number of carbonyl (C=O) groups excluding carboxylic acids is 3. The van der Waals surface area contributed by atoms with Crippen LogP contribution in [-0.2, 0) is 9.53 Å². The molecule has 2 aromatic carbocycles. The molecule has 1 heterocycles. The van der Waals surface area contributed by atoms with E-state index in [2.05, 4.69) is 5.32 Å². The van der Waals surface area contributed by atoms with Crippen molar-refractivity contribution in [2.24, 2.45) is 11.8 Å². The van der Waals surface area contributed by atoms with Gasteiger partial charge in [-0.05, 0) is 44.0 Å². The summed E-state index contributed by atoms with van der Waals surface area (Å²) in [7, 11) is 3.36. The van der Waals surface area contributed by atoms with Gasteiger partial charge >= 0.3 is 0 Å². The van der Waals surface area contributed by atoms with Crippen LogP contribution in [0.15, 0.2) is 48.5 Å². The summed E-state index contributed by atoms with van der Waals surface area (Å²) in [5.41, 5.74) is 1.59. The van der Waals surface area contributed by atoms with Gasteiger partial charge in [0.1, 0.15) is 12.4 Å². The number of nitrogens with one attached hydrogen (secondary N) is 1. The molecule has 0 aromatic heterocycles. The normalized spacial score (nSPS) is 23.1. The van der Waals surface area contributed by atoms with Crippen LogP contribution in [0.1, 0.15) is 47.4 Å². The van der Waals surface area contributed by atoms with Crippen LogP contribution < -0.4 is 10.1 Å². The maximum absolute atomic E-state index is 13.5. The van der Waals surface area contributed by atoms with Crippen molar-refractivity contribution in [1.82, 2.24) is 9.80 Å². The molecular weight excluding hydrogens is 458 g/mol. The fourth-order valence-corrected chi connectivity index (χ4v) is 4.47. The summed E-state index contributed by atoms with van der Waals surface area (Å²) in [4.78, 5) is 42.6. The van der Waals surface area contributed by atoms with Gasteiger partial charge < -0.3 is 24.6 Å². The maximum Gasteiger partial charge on any atom is 0.257 e. The number of carbonyl (C=O) groups is 3. The molecule has 8 heteroatoms. The van der Waals surface area contributed by atoms with Crippen LogP contribution in [0.25, 0.3) is 0 Å². The SMILES string of the molecule is CO[C@H]1CN(C)C(=O)c2ccc(NC(=O)C3CC3)cc2OC[C@@H](C)N(C(=O)c2ccccc2)C[C@H]1C. The molecule has 1 aliphatic heterocycles. The minimum atomic E-state index is -0.275. The van der Waals surface area contributed by atoms with E-state index in [4.69, 9.17) is 9.47 Å². The molecule has 3 atom stereocenters. The van der Waals surface area contributed by atoms with Crippen molar-refractivity contribution in [1.29, 1.82) is 0 Å². The van der Waals surface area contributed by atoms with E-state index in [0.717, 1.165) is 12.8 Å². The fourth-order valence-electron chi connectivity index (χ4n) is 4.47. The molecule has 36 heavy (non-hydrogen) atoms. The number of hydrogen-bond acceptors (Lipinski definition) is 5. The smallest absolute Gasteiger partial charge is 0.257 e. The highest BCUT2D eigenvalue weighted by atomic mass is 16.5. The van der Waals surface area contributed by atoms with Gasteiger partial charge in [0.05, 0.1) is 17.7 Å². The standard InChI is InChI=1S/C28H35N3O5/c1-18-15-31(27(33)21-8-6-5-7-9-21)19(2)17-36-24-14-22(29-26(32)20-10-11-20)12-13-23(24)28(34)30(3)16-25(18)35-4/h5-9,12-14,18-20,25H,10-11,15-17H2,1-4H3,(H,29,32)/t18-,19-,25+/m1/s1. The number of anilines is 1. The van der Waals surface area contributed by atoms with Gasteiger partial charge in [0.25, 0.3) is 11.8 Å². The number of amides is 3. The van der Waals surface area contributed by atoms with E-state index in [-0.39, 0.29) is 48.3 Å². The largest absolute Gasteiger partial charge is 0.491 e. The van der Waals surface area contributed by atoms with Crippen molar-refractivity contribution >= 4 is 23.4 Å². The molecule has 0 bridgehead atoms. The first-order chi connectivity index (χ1) is 17.3. The number of nitrogens with zero attached hydrogens (tertiary/aromatic N) is 2. The fraction of sp³-hybridized carbons (Fsp3) is 0.464. The second kappa shape index (κ2) is 11.1. The lowest BCUT2D eigenvalue weighted by atomic mass is 10.0. The lowest BCUT2D eigenvalue weighted by Gasteiger charge is -2.36. The number of benzene rings is 2. The van der Waals surface area contributed by atoms with Crippen LogP contribution in [0.3, 0.4) is 0 Å². The highest BCUT2D eigenvalue weighted by molar-refractivity contribution is 5.99. The molecule has 2 aromatic rings.